The van der Waals surface area contributed by atoms with Gasteiger partial charge in [0.2, 0.25) is 11.7 Å². The van der Waals surface area contributed by atoms with Gasteiger partial charge in [0, 0.05) is 36.1 Å². The fourth-order valence-electron chi connectivity index (χ4n) is 3.16. The van der Waals surface area contributed by atoms with Gasteiger partial charge in [-0.3, -0.25) is 4.79 Å². The van der Waals surface area contributed by atoms with E-state index in [1.54, 1.807) is 38.5 Å². The molecule has 0 saturated heterocycles. The molecule has 0 bridgehead atoms. The van der Waals surface area contributed by atoms with E-state index < -0.39 is 17.6 Å². The molecule has 1 N–H and O–H groups in total. The maximum Gasteiger partial charge on any atom is 0.347 e. The Morgan fingerprint density at radius 1 is 1.30 bits per heavy atom. The number of anilines is 1. The van der Waals surface area contributed by atoms with Crippen LogP contribution in [0.25, 0.3) is 17.1 Å². The molecule has 2 aromatic heterocycles. The van der Waals surface area contributed by atoms with Crippen molar-refractivity contribution in [1.82, 2.24) is 9.97 Å². The first kappa shape index (κ1) is 19.4. The first-order valence-corrected chi connectivity index (χ1v) is 9.26. The molecule has 0 atom stereocenters. The number of aromatic nitrogens is 2. The Balaban J connectivity index is 1.75. The average Bonchev–Trinajstić information content (AvgIpc) is 3.30. The number of ether oxygens (including phenoxy) is 2. The van der Waals surface area contributed by atoms with Gasteiger partial charge in [-0.25, -0.2) is 14.2 Å². The lowest BCUT2D eigenvalue weighted by molar-refractivity contribution is -0.139. The van der Waals surface area contributed by atoms with Crippen molar-refractivity contribution in [2.45, 2.75) is 6.92 Å². The summed E-state index contributed by atoms with van der Waals surface area (Å²) in [6, 6.07) is 9.24. The van der Waals surface area contributed by atoms with Crippen molar-refractivity contribution in [2.24, 2.45) is 0 Å². The van der Waals surface area contributed by atoms with Crippen molar-refractivity contribution in [3.8, 4) is 0 Å². The van der Waals surface area contributed by atoms with Gasteiger partial charge in [-0.1, -0.05) is 0 Å². The molecule has 4 rings (SSSR count). The van der Waals surface area contributed by atoms with Crippen LogP contribution in [0.2, 0.25) is 0 Å². The van der Waals surface area contributed by atoms with Crippen molar-refractivity contribution in [3.05, 3.63) is 77.4 Å². The summed E-state index contributed by atoms with van der Waals surface area (Å²) >= 11 is 0. The molecule has 0 amide bonds. The van der Waals surface area contributed by atoms with E-state index in [1.807, 2.05) is 6.07 Å². The molecular weight excluding hydrogens is 389 g/mol. The smallest absolute Gasteiger partial charge is 0.347 e. The molecule has 0 aliphatic carbocycles. The molecule has 0 fully saturated rings. The fourth-order valence-corrected chi connectivity index (χ4v) is 3.16. The number of halogens is 1. The van der Waals surface area contributed by atoms with E-state index in [1.165, 1.54) is 29.2 Å². The standard InChI is InChI=1S/C22H18FN3O4/c1-3-29-22(28)18-19(27)17(11-13-12-25-20-16(13)5-4-10-24-20)30-21(18)26(2)15-8-6-14(23)7-9-15/h4-12H,3H2,1-2H3,(H,24,25)/b17-11-. The molecular formula is C22H18FN3O4. The molecule has 3 aromatic rings. The SMILES string of the molecule is CCOC(=O)C1=C(N(C)c2ccc(F)cc2)O/C(=C\c2c[nH]c3ncccc23)C1=O. The van der Waals surface area contributed by atoms with Crippen LogP contribution in [-0.2, 0) is 19.1 Å². The maximum absolute atomic E-state index is 13.3. The number of esters is 1. The van der Waals surface area contributed by atoms with Crippen LogP contribution in [0.3, 0.4) is 0 Å². The van der Waals surface area contributed by atoms with Crippen LogP contribution >= 0.6 is 0 Å². The summed E-state index contributed by atoms with van der Waals surface area (Å²) in [5, 5.41) is 0.805. The molecule has 0 spiro atoms. The van der Waals surface area contributed by atoms with Gasteiger partial charge in [0.15, 0.2) is 11.3 Å². The van der Waals surface area contributed by atoms with E-state index in [4.69, 9.17) is 9.47 Å². The molecule has 1 aliphatic rings. The summed E-state index contributed by atoms with van der Waals surface area (Å²) in [4.78, 5) is 34.3. The molecule has 8 heteroatoms. The van der Waals surface area contributed by atoms with E-state index in [9.17, 15) is 14.0 Å². The number of rotatable bonds is 5. The van der Waals surface area contributed by atoms with Gasteiger partial charge in [-0.05, 0) is 49.4 Å². The van der Waals surface area contributed by atoms with E-state index in [0.29, 0.717) is 16.9 Å². The summed E-state index contributed by atoms with van der Waals surface area (Å²) in [6.07, 6.45) is 4.91. The number of pyridine rings is 1. The third-order valence-electron chi connectivity index (χ3n) is 4.64. The minimum Gasteiger partial charge on any atom is -0.462 e. The quantitative estimate of drug-likeness (QED) is 0.396. The van der Waals surface area contributed by atoms with Crippen LogP contribution in [-0.4, -0.2) is 35.4 Å². The number of H-pyrrole nitrogens is 1. The van der Waals surface area contributed by atoms with Crippen LogP contribution in [0, 0.1) is 5.82 Å². The van der Waals surface area contributed by atoms with Crippen LogP contribution < -0.4 is 4.90 Å². The second kappa shape index (κ2) is 7.82. The Morgan fingerprint density at radius 2 is 2.07 bits per heavy atom. The van der Waals surface area contributed by atoms with Gasteiger partial charge in [0.25, 0.3) is 0 Å². The van der Waals surface area contributed by atoms with Crippen molar-refractivity contribution in [3.63, 3.8) is 0 Å². The second-order valence-corrected chi connectivity index (χ2v) is 6.52. The Labute approximate surface area is 171 Å². The highest BCUT2D eigenvalue weighted by molar-refractivity contribution is 6.27. The number of nitrogens with one attached hydrogen (secondary N) is 1. The lowest BCUT2D eigenvalue weighted by Gasteiger charge is -2.20. The number of Topliss-reactive ketones (excluding diaryl/α,β-unsaturated/α-hetero) is 1. The van der Waals surface area contributed by atoms with Gasteiger partial charge in [-0.15, -0.1) is 0 Å². The molecule has 3 heterocycles. The number of carbonyl (C=O) groups is 2. The fraction of sp³-hybridized carbons (Fsp3) is 0.136. The van der Waals surface area contributed by atoms with Gasteiger partial charge >= 0.3 is 5.97 Å². The molecule has 1 aliphatic heterocycles. The predicted octanol–water partition coefficient (Wildman–Crippen LogP) is 3.55. The minimum absolute atomic E-state index is 0.0215. The highest BCUT2D eigenvalue weighted by atomic mass is 19.1. The van der Waals surface area contributed by atoms with Crippen LogP contribution in [0.5, 0.6) is 0 Å². The van der Waals surface area contributed by atoms with E-state index >= 15 is 0 Å². The summed E-state index contributed by atoms with van der Waals surface area (Å²) in [5.41, 5.74) is 1.68. The van der Waals surface area contributed by atoms with Crippen molar-refractivity contribution < 1.29 is 23.5 Å². The number of hydrogen-bond acceptors (Lipinski definition) is 6. The molecule has 30 heavy (non-hydrogen) atoms. The zero-order valence-corrected chi connectivity index (χ0v) is 16.3. The summed E-state index contributed by atoms with van der Waals surface area (Å²) in [7, 11) is 1.62. The third-order valence-corrected chi connectivity index (χ3v) is 4.64. The van der Waals surface area contributed by atoms with Gasteiger partial charge < -0.3 is 19.4 Å². The Kier molecular flexibility index (Phi) is 5.05. The number of carbonyl (C=O) groups excluding carboxylic acids is 2. The van der Waals surface area contributed by atoms with Gasteiger partial charge in [-0.2, -0.15) is 0 Å². The first-order valence-electron chi connectivity index (χ1n) is 9.26. The maximum atomic E-state index is 13.3. The molecule has 0 radical (unpaired) electrons. The van der Waals surface area contributed by atoms with Crippen molar-refractivity contribution in [2.75, 3.05) is 18.6 Å². The molecule has 1 aromatic carbocycles. The van der Waals surface area contributed by atoms with Crippen LogP contribution in [0.1, 0.15) is 12.5 Å². The van der Waals surface area contributed by atoms with Crippen molar-refractivity contribution >= 4 is 34.5 Å². The van der Waals surface area contributed by atoms with Crippen LogP contribution in [0.15, 0.2) is 66.0 Å². The average molecular weight is 407 g/mol. The first-order chi connectivity index (χ1) is 14.5. The highest BCUT2D eigenvalue weighted by Crippen LogP contribution is 2.33. The molecule has 0 saturated carbocycles. The number of ketones is 1. The molecule has 152 valence electrons. The summed E-state index contributed by atoms with van der Waals surface area (Å²) < 4.78 is 24.2. The van der Waals surface area contributed by atoms with Crippen LogP contribution in [0.4, 0.5) is 10.1 Å². The Hall–Kier alpha value is -3.94. The minimum atomic E-state index is -0.782. The molecule has 7 nitrogen and oxygen atoms in total. The monoisotopic (exact) mass is 407 g/mol. The zero-order chi connectivity index (χ0) is 21.3. The second-order valence-electron chi connectivity index (χ2n) is 6.52. The lowest BCUT2D eigenvalue weighted by atomic mass is 10.1. The summed E-state index contributed by atoms with van der Waals surface area (Å²) in [6.45, 7) is 1.76. The van der Waals surface area contributed by atoms with Gasteiger partial charge in [0.05, 0.1) is 6.61 Å². The largest absolute Gasteiger partial charge is 0.462 e. The van der Waals surface area contributed by atoms with E-state index in [0.717, 1.165) is 5.39 Å². The number of allylic oxidation sites excluding steroid dienone is 1. The number of fused-ring (bicyclic) bond motifs is 1. The Morgan fingerprint density at radius 3 is 2.80 bits per heavy atom. The Bertz CT molecular complexity index is 1190. The number of nitrogens with zero attached hydrogens (tertiary/aromatic N) is 2. The number of benzene rings is 1. The topological polar surface area (TPSA) is 84.5 Å². The number of aromatic amines is 1. The summed E-state index contributed by atoms with van der Waals surface area (Å²) in [5.74, 6) is -1.77. The molecule has 0 unspecified atom stereocenters. The third kappa shape index (κ3) is 3.43. The van der Waals surface area contributed by atoms with Crippen molar-refractivity contribution in [1.29, 1.82) is 0 Å². The zero-order valence-electron chi connectivity index (χ0n) is 16.3. The highest BCUT2D eigenvalue weighted by Gasteiger charge is 2.39. The normalized spacial score (nSPS) is 15.0. The number of hydrogen-bond donors (Lipinski definition) is 1. The van der Waals surface area contributed by atoms with Gasteiger partial charge in [0.1, 0.15) is 11.5 Å². The predicted molar refractivity (Wildman–Crippen MR) is 109 cm³/mol. The van der Waals surface area contributed by atoms with E-state index in [2.05, 4.69) is 9.97 Å². The van der Waals surface area contributed by atoms with E-state index in [-0.39, 0.29) is 23.8 Å². The lowest BCUT2D eigenvalue weighted by Crippen LogP contribution is -2.22.